The molecule has 1 saturated carbocycles. The van der Waals surface area contributed by atoms with Crippen LogP contribution in [-0.4, -0.2) is 59.2 Å². The molecule has 168 valence electrons. The smallest absolute Gasteiger partial charge is 0.243 e. The third-order valence-corrected chi connectivity index (χ3v) is 7.80. The zero-order valence-electron chi connectivity index (χ0n) is 17.1. The number of nitrogens with one attached hydrogen (secondary N) is 3. The summed E-state index contributed by atoms with van der Waals surface area (Å²) in [6.07, 6.45) is 4.01. The highest BCUT2D eigenvalue weighted by atomic mass is 79.9. The zero-order chi connectivity index (χ0) is 22.1. The van der Waals surface area contributed by atoms with Crippen molar-refractivity contribution in [3.8, 4) is 0 Å². The highest BCUT2D eigenvalue weighted by Crippen LogP contribution is 2.39. The maximum Gasteiger partial charge on any atom is 0.243 e. The van der Waals surface area contributed by atoms with E-state index in [0.717, 1.165) is 11.5 Å². The van der Waals surface area contributed by atoms with Crippen molar-refractivity contribution in [2.75, 3.05) is 36.9 Å². The van der Waals surface area contributed by atoms with E-state index < -0.39 is 10.0 Å². The van der Waals surface area contributed by atoms with Crippen molar-refractivity contribution in [3.63, 3.8) is 0 Å². The number of nitrogens with zero attached hydrogens (tertiary/aromatic N) is 4. The summed E-state index contributed by atoms with van der Waals surface area (Å²) >= 11 is 3.46. The van der Waals surface area contributed by atoms with Crippen LogP contribution in [0, 0.1) is 0 Å². The van der Waals surface area contributed by atoms with Crippen LogP contribution >= 0.6 is 15.9 Å². The van der Waals surface area contributed by atoms with Crippen molar-refractivity contribution >= 4 is 49.2 Å². The van der Waals surface area contributed by atoms with Crippen LogP contribution in [0.5, 0.6) is 0 Å². The summed E-state index contributed by atoms with van der Waals surface area (Å²) in [6.45, 7) is 1.56. The van der Waals surface area contributed by atoms with Crippen LogP contribution in [0.3, 0.4) is 0 Å². The van der Waals surface area contributed by atoms with Gasteiger partial charge in [0.2, 0.25) is 16.0 Å². The molecule has 1 aliphatic heterocycles. The standard InChI is InChI=1S/C20H22BrN7O3S/c21-16-12-22-20(25-19(16)24-18-11-17(26-27-18)13-1-2-13)23-14-3-5-15(6-4-14)32(29,30)28-7-9-31-10-8-28/h3-6,11-13H,1-2,7-10H2,(H3,22,23,24,25,26,27). The van der Waals surface area contributed by atoms with Gasteiger partial charge in [-0.3, -0.25) is 5.10 Å². The summed E-state index contributed by atoms with van der Waals surface area (Å²) in [4.78, 5) is 9.04. The van der Waals surface area contributed by atoms with Gasteiger partial charge in [-0.05, 0) is 53.0 Å². The summed E-state index contributed by atoms with van der Waals surface area (Å²) in [5.74, 6) is 2.28. The Bertz CT molecular complexity index is 1210. The molecule has 0 amide bonds. The van der Waals surface area contributed by atoms with Gasteiger partial charge in [0.15, 0.2) is 5.82 Å². The molecule has 12 heteroatoms. The van der Waals surface area contributed by atoms with Crippen molar-refractivity contribution in [1.82, 2.24) is 24.5 Å². The van der Waals surface area contributed by atoms with Gasteiger partial charge in [-0.1, -0.05) is 0 Å². The van der Waals surface area contributed by atoms with E-state index in [4.69, 9.17) is 4.74 Å². The lowest BCUT2D eigenvalue weighted by atomic mass is 10.3. The highest BCUT2D eigenvalue weighted by molar-refractivity contribution is 9.10. The average molecular weight is 520 g/mol. The topological polar surface area (TPSA) is 125 Å². The lowest BCUT2D eigenvalue weighted by Crippen LogP contribution is -2.40. The number of H-pyrrole nitrogens is 1. The second-order valence-electron chi connectivity index (χ2n) is 7.66. The molecule has 3 N–H and O–H groups in total. The van der Waals surface area contributed by atoms with Crippen molar-refractivity contribution < 1.29 is 13.2 Å². The molecule has 2 fully saturated rings. The van der Waals surface area contributed by atoms with E-state index in [1.807, 2.05) is 6.07 Å². The SMILES string of the molecule is O=S(=O)(c1ccc(Nc2ncc(Br)c(Nc3cc(C4CC4)n[nH]3)n2)cc1)N1CCOCC1. The van der Waals surface area contributed by atoms with Crippen LogP contribution in [0.25, 0.3) is 0 Å². The van der Waals surface area contributed by atoms with E-state index in [9.17, 15) is 8.42 Å². The number of aromatic nitrogens is 4. The van der Waals surface area contributed by atoms with Gasteiger partial charge in [-0.15, -0.1) is 0 Å². The maximum absolute atomic E-state index is 12.8. The molecule has 3 heterocycles. The highest BCUT2D eigenvalue weighted by Gasteiger charge is 2.27. The van der Waals surface area contributed by atoms with Gasteiger partial charge in [0, 0.05) is 37.0 Å². The number of benzene rings is 1. The fourth-order valence-corrected chi connectivity index (χ4v) is 5.11. The van der Waals surface area contributed by atoms with Gasteiger partial charge in [0.1, 0.15) is 5.82 Å². The summed E-state index contributed by atoms with van der Waals surface area (Å²) in [5.41, 5.74) is 1.74. The Morgan fingerprint density at radius 3 is 2.59 bits per heavy atom. The molecular formula is C20H22BrN7O3S. The fraction of sp³-hybridized carbons (Fsp3) is 0.350. The third kappa shape index (κ3) is 4.63. The van der Waals surface area contributed by atoms with Crippen LogP contribution in [0.1, 0.15) is 24.5 Å². The predicted octanol–water partition coefficient (Wildman–Crippen LogP) is 3.35. The summed E-state index contributed by atoms with van der Waals surface area (Å²) < 4.78 is 32.9. The number of ether oxygens (including phenoxy) is 1. The van der Waals surface area contributed by atoms with E-state index >= 15 is 0 Å². The van der Waals surface area contributed by atoms with Crippen molar-refractivity contribution in [3.05, 3.63) is 46.7 Å². The van der Waals surface area contributed by atoms with Crippen LogP contribution in [-0.2, 0) is 14.8 Å². The largest absolute Gasteiger partial charge is 0.379 e. The van der Waals surface area contributed by atoms with E-state index in [1.165, 1.54) is 17.1 Å². The Morgan fingerprint density at radius 2 is 1.88 bits per heavy atom. The molecule has 0 spiro atoms. The molecule has 0 bridgehead atoms. The second-order valence-corrected chi connectivity index (χ2v) is 10.5. The number of aromatic amines is 1. The summed E-state index contributed by atoms with van der Waals surface area (Å²) in [7, 11) is -3.53. The molecule has 0 unspecified atom stereocenters. The van der Waals surface area contributed by atoms with Crippen LogP contribution < -0.4 is 10.6 Å². The number of sulfonamides is 1. The quantitative estimate of drug-likeness (QED) is 0.433. The third-order valence-electron chi connectivity index (χ3n) is 5.31. The molecule has 2 aliphatic rings. The number of hydrogen-bond donors (Lipinski definition) is 3. The molecule has 2 aromatic heterocycles. The zero-order valence-corrected chi connectivity index (χ0v) is 19.5. The lowest BCUT2D eigenvalue weighted by Gasteiger charge is -2.26. The van der Waals surface area contributed by atoms with Crippen LogP contribution in [0.2, 0.25) is 0 Å². The Balaban J connectivity index is 1.29. The van der Waals surface area contributed by atoms with E-state index in [-0.39, 0.29) is 4.90 Å². The molecule has 3 aromatic rings. The summed E-state index contributed by atoms with van der Waals surface area (Å²) in [5, 5.41) is 13.6. The van der Waals surface area contributed by atoms with Crippen molar-refractivity contribution in [1.29, 1.82) is 0 Å². The Kier molecular flexibility index (Phi) is 5.84. The number of halogens is 1. The van der Waals surface area contributed by atoms with E-state index in [1.54, 1.807) is 30.5 Å². The van der Waals surface area contributed by atoms with Gasteiger partial charge in [0.25, 0.3) is 0 Å². The Labute approximate surface area is 194 Å². The molecule has 32 heavy (non-hydrogen) atoms. The fourth-order valence-electron chi connectivity index (χ4n) is 3.41. The molecule has 0 atom stereocenters. The number of hydrogen-bond acceptors (Lipinski definition) is 8. The molecule has 1 saturated heterocycles. The minimum atomic E-state index is -3.53. The van der Waals surface area contributed by atoms with Gasteiger partial charge in [-0.25, -0.2) is 13.4 Å². The normalized spacial score (nSPS) is 17.3. The first-order valence-electron chi connectivity index (χ1n) is 10.3. The molecule has 5 rings (SSSR count). The predicted molar refractivity (Wildman–Crippen MR) is 123 cm³/mol. The first-order chi connectivity index (χ1) is 15.5. The van der Waals surface area contributed by atoms with Gasteiger partial charge < -0.3 is 15.4 Å². The summed E-state index contributed by atoms with van der Waals surface area (Å²) in [6, 6.07) is 8.54. The van der Waals surface area contributed by atoms with Crippen molar-refractivity contribution in [2.45, 2.75) is 23.7 Å². The lowest BCUT2D eigenvalue weighted by molar-refractivity contribution is 0.0730. The molecule has 1 aromatic carbocycles. The van der Waals surface area contributed by atoms with Crippen molar-refractivity contribution in [2.24, 2.45) is 0 Å². The number of anilines is 4. The Morgan fingerprint density at radius 1 is 1.12 bits per heavy atom. The molecule has 10 nitrogen and oxygen atoms in total. The first kappa shape index (κ1) is 21.3. The molecule has 1 aliphatic carbocycles. The maximum atomic E-state index is 12.8. The average Bonchev–Trinajstić information content (AvgIpc) is 3.56. The number of morpholine rings is 1. The van der Waals surface area contributed by atoms with E-state index in [0.29, 0.717) is 54.1 Å². The second kappa shape index (κ2) is 8.77. The molecule has 0 radical (unpaired) electrons. The van der Waals surface area contributed by atoms with Gasteiger partial charge in [0.05, 0.1) is 28.3 Å². The van der Waals surface area contributed by atoms with Gasteiger partial charge in [-0.2, -0.15) is 14.4 Å². The first-order valence-corrected chi connectivity index (χ1v) is 12.5. The molecular weight excluding hydrogens is 498 g/mol. The monoisotopic (exact) mass is 519 g/mol. The van der Waals surface area contributed by atoms with E-state index in [2.05, 4.69) is 46.7 Å². The minimum Gasteiger partial charge on any atom is -0.379 e. The van der Waals surface area contributed by atoms with Gasteiger partial charge >= 0.3 is 0 Å². The Hall–Kier alpha value is -2.54. The number of rotatable bonds is 7. The van der Waals surface area contributed by atoms with Crippen LogP contribution in [0.15, 0.2) is 45.9 Å². The minimum absolute atomic E-state index is 0.245. The van der Waals surface area contributed by atoms with Crippen LogP contribution in [0.4, 0.5) is 23.3 Å².